The molecule has 0 N–H and O–H groups in total. The van der Waals surface area contributed by atoms with E-state index in [2.05, 4.69) is 91.0 Å². The summed E-state index contributed by atoms with van der Waals surface area (Å²) in [5.74, 6) is 0. The molecule has 0 atom stereocenters. The van der Waals surface area contributed by atoms with Crippen LogP contribution in [-0.2, 0) is 0 Å². The van der Waals surface area contributed by atoms with Gasteiger partial charge in [0.1, 0.15) is 58.2 Å². The molecule has 1 heterocycles. The van der Waals surface area contributed by atoms with Gasteiger partial charge >= 0.3 is 0 Å². The Bertz CT molecular complexity index is 3050. The molecule has 53 heavy (non-hydrogen) atoms. The van der Waals surface area contributed by atoms with Crippen LogP contribution in [0.1, 0.15) is 0 Å². The Labute approximate surface area is 314 Å². The fourth-order valence-electron chi connectivity index (χ4n) is 8.51. The van der Waals surface area contributed by atoms with Crippen molar-refractivity contribution >= 4 is 145 Å². The van der Waals surface area contributed by atoms with Crippen LogP contribution in [0.2, 0.25) is 0 Å². The molecule has 0 aliphatic carbocycles. The number of para-hydroxylation sites is 1. The van der Waals surface area contributed by atoms with Gasteiger partial charge in [0.05, 0.1) is 0 Å². The normalized spacial score (nSPS) is 11.8. The summed E-state index contributed by atoms with van der Waals surface area (Å²) in [6, 6.07) is 45.9. The van der Waals surface area contributed by atoms with Gasteiger partial charge in [-0.2, -0.15) is 0 Å². The highest BCUT2D eigenvalue weighted by Gasteiger charge is 2.24. The van der Waals surface area contributed by atoms with Crippen molar-refractivity contribution in [2.45, 2.75) is 0 Å². The van der Waals surface area contributed by atoms with E-state index in [1.54, 1.807) is 0 Å². The lowest BCUT2D eigenvalue weighted by Gasteiger charge is -2.25. The molecule has 0 spiro atoms. The molecule has 0 aliphatic rings. The van der Waals surface area contributed by atoms with Gasteiger partial charge < -0.3 is 4.42 Å². The number of fused-ring (bicyclic) bond motifs is 7. The zero-order valence-corrected chi connectivity index (χ0v) is 28.6. The fraction of sp³-hybridized carbons (Fsp3) is 0. The summed E-state index contributed by atoms with van der Waals surface area (Å²) in [4.78, 5) is 0. The van der Waals surface area contributed by atoms with Gasteiger partial charge in [-0.1, -0.05) is 144 Å². The Morgan fingerprint density at radius 2 is 0.660 bits per heavy atom. The quantitative estimate of drug-likeness (QED) is 0.169. The SMILES string of the molecule is [B]c1c([B])c([B])c(-c2c3ccccc3c(-c3cccc4oc5c(-c6c7ccccc7c([B])c7ccccc67)cccc5c34)c3ccccc23)c([B])c1[B]. The van der Waals surface area contributed by atoms with Crippen molar-refractivity contribution in [3.8, 4) is 33.4 Å². The lowest BCUT2D eigenvalue weighted by Crippen LogP contribution is -2.55. The van der Waals surface area contributed by atoms with Gasteiger partial charge in [-0.05, 0) is 71.4 Å². The van der Waals surface area contributed by atoms with Crippen molar-refractivity contribution in [3.05, 3.63) is 133 Å². The van der Waals surface area contributed by atoms with Crippen LogP contribution in [0, 0.1) is 0 Å². The average molecular weight is 656 g/mol. The molecule has 12 radical (unpaired) electrons. The highest BCUT2D eigenvalue weighted by atomic mass is 16.3. The molecule has 7 heteroatoms. The second-order valence-electron chi connectivity index (χ2n) is 13.6. The van der Waals surface area contributed by atoms with Gasteiger partial charge in [-0.3, -0.25) is 0 Å². The molecular formula is C46H22B6O. The summed E-state index contributed by atoms with van der Waals surface area (Å²) in [6.45, 7) is 0. The molecule has 10 rings (SSSR count). The maximum Gasteiger partial charge on any atom is 0.143 e. The van der Waals surface area contributed by atoms with E-state index in [1.165, 1.54) is 0 Å². The molecule has 0 bridgehead atoms. The van der Waals surface area contributed by atoms with Crippen LogP contribution in [0.15, 0.2) is 138 Å². The first-order valence-corrected chi connectivity index (χ1v) is 17.4. The maximum absolute atomic E-state index is 6.91. The van der Waals surface area contributed by atoms with E-state index in [0.717, 1.165) is 98.3 Å². The standard InChI is InChI=1S/C46H22B6O/c47-40-29-17-7-5-15-27(29)36(28-16-6-8-18-30(28)40)32-20-9-21-33-37-31(19-10-22-34(37)53-46(32)33)35-23-11-1-3-13-25(23)38(26-14-4-2-12-24(26)35)39-41(48)43(50)45(52)44(51)42(39)49/h1-22H. The number of furan rings is 1. The fourth-order valence-corrected chi connectivity index (χ4v) is 8.51. The van der Waals surface area contributed by atoms with Crippen LogP contribution in [0.3, 0.4) is 0 Å². The van der Waals surface area contributed by atoms with E-state index < -0.39 is 0 Å². The van der Waals surface area contributed by atoms with Gasteiger partial charge in [0.2, 0.25) is 0 Å². The summed E-state index contributed by atoms with van der Waals surface area (Å²) < 4.78 is 6.91. The number of hydrogen-bond acceptors (Lipinski definition) is 1. The first-order valence-electron chi connectivity index (χ1n) is 17.4. The van der Waals surface area contributed by atoms with Crippen LogP contribution in [0.25, 0.3) is 98.4 Å². The van der Waals surface area contributed by atoms with Crippen molar-refractivity contribution in [1.82, 2.24) is 0 Å². The van der Waals surface area contributed by atoms with Gasteiger partial charge in [0.15, 0.2) is 0 Å². The Kier molecular flexibility index (Phi) is 7.14. The van der Waals surface area contributed by atoms with Gasteiger partial charge in [-0.15, -0.1) is 16.4 Å². The minimum absolute atomic E-state index is 0.187. The third-order valence-electron chi connectivity index (χ3n) is 10.9. The molecule has 0 fully saturated rings. The molecule has 230 valence electrons. The van der Waals surface area contributed by atoms with Gasteiger partial charge in [0, 0.05) is 21.9 Å². The second kappa shape index (κ2) is 11.9. The van der Waals surface area contributed by atoms with E-state index >= 15 is 0 Å². The number of benzene rings is 9. The Balaban J connectivity index is 1.33. The predicted octanol–water partition coefficient (Wildman–Crippen LogP) is 5.96. The molecule has 0 saturated heterocycles. The van der Waals surface area contributed by atoms with Crippen molar-refractivity contribution in [1.29, 1.82) is 0 Å². The summed E-state index contributed by atoms with van der Waals surface area (Å²) in [5.41, 5.74) is 9.24. The number of hydrogen-bond donors (Lipinski definition) is 0. The van der Waals surface area contributed by atoms with Crippen molar-refractivity contribution in [2.24, 2.45) is 0 Å². The van der Waals surface area contributed by atoms with Crippen LogP contribution < -0.4 is 32.8 Å². The Morgan fingerprint density at radius 3 is 1.19 bits per heavy atom. The average Bonchev–Trinajstić information content (AvgIpc) is 3.59. The summed E-state index contributed by atoms with van der Waals surface area (Å²) in [6.07, 6.45) is 0. The van der Waals surface area contributed by atoms with Crippen LogP contribution in [0.5, 0.6) is 0 Å². The molecular weight excluding hydrogens is 633 g/mol. The van der Waals surface area contributed by atoms with Gasteiger partial charge in [-0.25, -0.2) is 0 Å². The molecule has 0 saturated carbocycles. The predicted molar refractivity (Wildman–Crippen MR) is 232 cm³/mol. The molecule has 10 aromatic rings. The van der Waals surface area contributed by atoms with Crippen molar-refractivity contribution in [2.75, 3.05) is 0 Å². The highest BCUT2D eigenvalue weighted by molar-refractivity contribution is 6.69. The monoisotopic (exact) mass is 656 g/mol. The summed E-state index contributed by atoms with van der Waals surface area (Å²) in [5, 5.41) is 10.2. The molecule has 1 aromatic heterocycles. The molecule has 0 unspecified atom stereocenters. The summed E-state index contributed by atoms with van der Waals surface area (Å²) >= 11 is 0. The third-order valence-corrected chi connectivity index (χ3v) is 10.9. The maximum atomic E-state index is 6.91. The number of rotatable bonds is 3. The lowest BCUT2D eigenvalue weighted by molar-refractivity contribution is 0.670. The zero-order chi connectivity index (χ0) is 36.1. The van der Waals surface area contributed by atoms with E-state index in [-0.39, 0.29) is 16.4 Å². The van der Waals surface area contributed by atoms with E-state index in [0.29, 0.717) is 16.5 Å². The summed E-state index contributed by atoms with van der Waals surface area (Å²) in [7, 11) is 39.3. The second-order valence-corrected chi connectivity index (χ2v) is 13.6. The van der Waals surface area contributed by atoms with Crippen LogP contribution >= 0.6 is 0 Å². The molecule has 9 aromatic carbocycles. The first kappa shape index (κ1) is 31.9. The van der Waals surface area contributed by atoms with Gasteiger partial charge in [0.25, 0.3) is 0 Å². The molecule has 1 nitrogen and oxygen atoms in total. The van der Waals surface area contributed by atoms with Crippen LogP contribution in [0.4, 0.5) is 0 Å². The molecule has 0 amide bonds. The topological polar surface area (TPSA) is 13.1 Å². The van der Waals surface area contributed by atoms with E-state index in [9.17, 15) is 0 Å². The van der Waals surface area contributed by atoms with Crippen molar-refractivity contribution in [3.63, 3.8) is 0 Å². The smallest absolute Gasteiger partial charge is 0.143 e. The third kappa shape index (κ3) is 4.47. The lowest BCUT2D eigenvalue weighted by atomic mass is 9.59. The highest BCUT2D eigenvalue weighted by Crippen LogP contribution is 2.48. The minimum atomic E-state index is 0.187. The molecule has 0 aliphatic heterocycles. The Morgan fingerprint density at radius 1 is 0.283 bits per heavy atom. The largest absolute Gasteiger partial charge is 0.455 e. The first-order chi connectivity index (χ1) is 25.8. The van der Waals surface area contributed by atoms with Crippen LogP contribution in [-0.4, -0.2) is 47.1 Å². The zero-order valence-electron chi connectivity index (χ0n) is 28.6. The van der Waals surface area contributed by atoms with E-state index in [4.69, 9.17) is 51.5 Å². The minimum Gasteiger partial charge on any atom is -0.455 e. The van der Waals surface area contributed by atoms with E-state index in [1.807, 2.05) is 42.5 Å². The Hall–Kier alpha value is -5.79. The van der Waals surface area contributed by atoms with Crippen molar-refractivity contribution < 1.29 is 4.42 Å².